The van der Waals surface area contributed by atoms with Crippen LogP contribution in [-0.2, 0) is 19.0 Å². The number of hydrogen-bond acceptors (Lipinski definition) is 4. The molecule has 4 heteroatoms. The summed E-state index contributed by atoms with van der Waals surface area (Å²) in [5.74, 6) is -0.284. The standard InChI is InChI=1S/C18H28O4/c1-13-6-7-15(12-20-14(2)19)17(3,4)16(13)8-9-18(5)21-10-11-22-18/h8-9,15-16H,1,6-7,10-12H2,2-5H3/b9-8+/t15-,16?/m1/s1. The van der Waals surface area contributed by atoms with Crippen LogP contribution in [0.1, 0.15) is 40.5 Å². The van der Waals surface area contributed by atoms with Crippen LogP contribution in [0, 0.1) is 17.3 Å². The molecule has 0 aromatic heterocycles. The largest absolute Gasteiger partial charge is 0.466 e. The Morgan fingerprint density at radius 3 is 2.59 bits per heavy atom. The average Bonchev–Trinajstić information content (AvgIpc) is 2.84. The molecule has 0 bridgehead atoms. The molecular weight excluding hydrogens is 280 g/mol. The van der Waals surface area contributed by atoms with Crippen LogP contribution in [0.15, 0.2) is 24.3 Å². The molecule has 0 radical (unpaired) electrons. The molecule has 2 rings (SSSR count). The third-order valence-corrected chi connectivity index (χ3v) is 5.05. The van der Waals surface area contributed by atoms with Crippen molar-refractivity contribution in [2.24, 2.45) is 17.3 Å². The zero-order valence-corrected chi connectivity index (χ0v) is 14.2. The van der Waals surface area contributed by atoms with Crippen LogP contribution in [0.4, 0.5) is 0 Å². The minimum absolute atomic E-state index is 0.0176. The molecule has 2 fully saturated rings. The van der Waals surface area contributed by atoms with Gasteiger partial charge in [-0.2, -0.15) is 0 Å². The Hall–Kier alpha value is -1.13. The minimum Gasteiger partial charge on any atom is -0.466 e. The number of rotatable bonds is 4. The highest BCUT2D eigenvalue weighted by atomic mass is 16.7. The molecule has 1 aliphatic heterocycles. The fourth-order valence-electron chi connectivity index (χ4n) is 3.46. The Labute approximate surface area is 133 Å². The molecule has 0 N–H and O–H groups in total. The third kappa shape index (κ3) is 3.79. The Morgan fingerprint density at radius 2 is 2.00 bits per heavy atom. The van der Waals surface area contributed by atoms with Crippen molar-refractivity contribution in [3.05, 3.63) is 24.3 Å². The van der Waals surface area contributed by atoms with E-state index in [4.69, 9.17) is 14.2 Å². The van der Waals surface area contributed by atoms with Gasteiger partial charge >= 0.3 is 5.97 Å². The van der Waals surface area contributed by atoms with Gasteiger partial charge in [0.05, 0.1) is 19.8 Å². The molecule has 4 nitrogen and oxygen atoms in total. The van der Waals surface area contributed by atoms with E-state index in [2.05, 4.69) is 26.5 Å². The second kappa shape index (κ2) is 6.55. The lowest BCUT2D eigenvalue weighted by molar-refractivity contribution is -0.144. The first-order chi connectivity index (χ1) is 10.2. The molecule has 0 aromatic rings. The van der Waals surface area contributed by atoms with Crippen LogP contribution >= 0.6 is 0 Å². The lowest BCUT2D eigenvalue weighted by Gasteiger charge is -2.45. The molecular formula is C18H28O4. The van der Waals surface area contributed by atoms with Crippen molar-refractivity contribution in [2.45, 2.75) is 46.3 Å². The highest BCUT2D eigenvalue weighted by molar-refractivity contribution is 5.65. The van der Waals surface area contributed by atoms with Crippen molar-refractivity contribution in [3.63, 3.8) is 0 Å². The van der Waals surface area contributed by atoms with Gasteiger partial charge < -0.3 is 14.2 Å². The second-order valence-electron chi connectivity index (χ2n) is 7.07. The molecule has 2 aliphatic rings. The molecule has 1 saturated carbocycles. The maximum atomic E-state index is 11.1. The van der Waals surface area contributed by atoms with Gasteiger partial charge in [-0.15, -0.1) is 0 Å². The second-order valence-corrected chi connectivity index (χ2v) is 7.07. The molecule has 1 unspecified atom stereocenters. The van der Waals surface area contributed by atoms with Gasteiger partial charge in [0.15, 0.2) is 5.79 Å². The number of carbonyl (C=O) groups excluding carboxylic acids is 1. The fourth-order valence-corrected chi connectivity index (χ4v) is 3.46. The average molecular weight is 308 g/mol. The molecule has 0 aromatic carbocycles. The molecule has 0 amide bonds. The summed E-state index contributed by atoms with van der Waals surface area (Å²) in [5, 5.41) is 0. The molecule has 1 heterocycles. The quantitative estimate of drug-likeness (QED) is 0.589. The van der Waals surface area contributed by atoms with Gasteiger partial charge in [-0.05, 0) is 37.2 Å². The van der Waals surface area contributed by atoms with Gasteiger partial charge in [0.1, 0.15) is 0 Å². The summed E-state index contributed by atoms with van der Waals surface area (Å²) >= 11 is 0. The van der Waals surface area contributed by atoms with Crippen molar-refractivity contribution in [1.82, 2.24) is 0 Å². The van der Waals surface area contributed by atoms with E-state index < -0.39 is 5.79 Å². The fraction of sp³-hybridized carbons (Fsp3) is 0.722. The molecule has 1 aliphatic carbocycles. The van der Waals surface area contributed by atoms with E-state index in [1.165, 1.54) is 12.5 Å². The van der Waals surface area contributed by atoms with Crippen molar-refractivity contribution >= 4 is 5.97 Å². The predicted octanol–water partition coefficient (Wildman–Crippen LogP) is 3.48. The SMILES string of the molecule is C=C1CC[C@H](COC(C)=O)C(C)(C)C1/C=C/C1(C)OCCO1. The zero-order valence-electron chi connectivity index (χ0n) is 14.2. The number of hydrogen-bond donors (Lipinski definition) is 0. The molecule has 2 atom stereocenters. The third-order valence-electron chi connectivity index (χ3n) is 5.05. The van der Waals surface area contributed by atoms with E-state index in [0.29, 0.717) is 25.7 Å². The summed E-state index contributed by atoms with van der Waals surface area (Å²) in [4.78, 5) is 11.1. The van der Waals surface area contributed by atoms with E-state index in [1.54, 1.807) is 0 Å². The van der Waals surface area contributed by atoms with E-state index >= 15 is 0 Å². The molecule has 1 saturated heterocycles. The van der Waals surface area contributed by atoms with Gasteiger partial charge in [0.2, 0.25) is 0 Å². The first kappa shape index (κ1) is 17.2. The van der Waals surface area contributed by atoms with E-state index in [0.717, 1.165) is 12.8 Å². The predicted molar refractivity (Wildman–Crippen MR) is 85.2 cm³/mol. The monoisotopic (exact) mass is 308 g/mol. The van der Waals surface area contributed by atoms with Gasteiger partial charge in [-0.1, -0.05) is 32.1 Å². The highest BCUT2D eigenvalue weighted by Crippen LogP contribution is 2.48. The van der Waals surface area contributed by atoms with Gasteiger partial charge in [-0.3, -0.25) is 4.79 Å². The zero-order chi connectivity index (χ0) is 16.4. The molecule has 124 valence electrons. The molecule has 22 heavy (non-hydrogen) atoms. The molecule has 0 spiro atoms. The maximum Gasteiger partial charge on any atom is 0.302 e. The van der Waals surface area contributed by atoms with Crippen LogP contribution in [0.2, 0.25) is 0 Å². The summed E-state index contributed by atoms with van der Waals surface area (Å²) < 4.78 is 16.5. The summed E-state index contributed by atoms with van der Waals surface area (Å²) in [6.45, 7) is 13.8. The van der Waals surface area contributed by atoms with Crippen LogP contribution in [0.25, 0.3) is 0 Å². The maximum absolute atomic E-state index is 11.1. The Bertz CT molecular complexity index is 458. The van der Waals surface area contributed by atoms with Gasteiger partial charge in [0, 0.05) is 12.8 Å². The van der Waals surface area contributed by atoms with E-state index in [-0.39, 0.29) is 17.3 Å². The normalized spacial score (nSPS) is 30.6. The lowest BCUT2D eigenvalue weighted by Crippen LogP contribution is -2.39. The number of ether oxygens (including phenoxy) is 3. The van der Waals surface area contributed by atoms with Crippen molar-refractivity contribution < 1.29 is 19.0 Å². The van der Waals surface area contributed by atoms with Crippen molar-refractivity contribution in [2.75, 3.05) is 19.8 Å². The first-order valence-corrected chi connectivity index (χ1v) is 8.03. The van der Waals surface area contributed by atoms with Crippen LogP contribution in [0.3, 0.4) is 0 Å². The summed E-state index contributed by atoms with van der Waals surface area (Å²) in [7, 11) is 0. The Kier molecular flexibility index (Phi) is 5.13. The Morgan fingerprint density at radius 1 is 1.36 bits per heavy atom. The highest BCUT2D eigenvalue weighted by Gasteiger charge is 2.42. The van der Waals surface area contributed by atoms with Crippen molar-refractivity contribution in [1.29, 1.82) is 0 Å². The van der Waals surface area contributed by atoms with E-state index in [1.807, 2.05) is 13.0 Å². The van der Waals surface area contributed by atoms with Crippen LogP contribution in [-0.4, -0.2) is 31.6 Å². The summed E-state index contributed by atoms with van der Waals surface area (Å²) in [6, 6.07) is 0. The number of carbonyl (C=O) groups is 1. The van der Waals surface area contributed by atoms with Crippen molar-refractivity contribution in [3.8, 4) is 0 Å². The number of allylic oxidation sites excluding steroid dienone is 2. The van der Waals surface area contributed by atoms with Gasteiger partial charge in [0.25, 0.3) is 0 Å². The smallest absolute Gasteiger partial charge is 0.302 e. The van der Waals surface area contributed by atoms with E-state index in [9.17, 15) is 4.79 Å². The van der Waals surface area contributed by atoms with Crippen LogP contribution in [0.5, 0.6) is 0 Å². The summed E-state index contributed by atoms with van der Waals surface area (Å²) in [6.07, 6.45) is 6.13. The minimum atomic E-state index is -0.626. The first-order valence-electron chi connectivity index (χ1n) is 8.03. The lowest BCUT2D eigenvalue weighted by atomic mass is 9.60. The van der Waals surface area contributed by atoms with Gasteiger partial charge in [-0.25, -0.2) is 0 Å². The van der Waals surface area contributed by atoms with Crippen LogP contribution < -0.4 is 0 Å². The summed E-state index contributed by atoms with van der Waals surface area (Å²) in [5.41, 5.74) is 1.21. The Balaban J connectivity index is 2.11. The number of esters is 1. The topological polar surface area (TPSA) is 44.8 Å².